The van der Waals surface area contributed by atoms with E-state index in [0.29, 0.717) is 14.4 Å². The van der Waals surface area contributed by atoms with Crippen LogP contribution in [0.4, 0.5) is 5.13 Å². The van der Waals surface area contributed by atoms with E-state index in [1.54, 1.807) is 6.92 Å². The Morgan fingerprint density at radius 3 is 2.89 bits per heavy atom. The Morgan fingerprint density at radius 2 is 2.07 bits per heavy atom. The smallest absolute Gasteiger partial charge is 0.296 e. The number of rotatable bonds is 5. The summed E-state index contributed by atoms with van der Waals surface area (Å²) in [5.74, 6) is -0.0378. The molecule has 0 spiro atoms. The third-order valence-electron chi connectivity index (χ3n) is 3.48. The normalized spacial score (nSPS) is 11.0. The van der Waals surface area contributed by atoms with Crippen LogP contribution in [0.2, 0.25) is 0 Å². The zero-order valence-electron chi connectivity index (χ0n) is 13.9. The molecule has 136 valence electrons. The van der Waals surface area contributed by atoms with Gasteiger partial charge in [0, 0.05) is 10.9 Å². The van der Waals surface area contributed by atoms with Gasteiger partial charge in [0.25, 0.3) is 5.56 Å². The highest BCUT2D eigenvalue weighted by Crippen LogP contribution is 2.26. The van der Waals surface area contributed by atoms with Crippen LogP contribution in [0.3, 0.4) is 0 Å². The van der Waals surface area contributed by atoms with Crippen molar-refractivity contribution in [2.24, 2.45) is 0 Å². The molecule has 11 heteroatoms. The first-order valence-corrected chi connectivity index (χ1v) is 10.4. The van der Waals surface area contributed by atoms with E-state index in [2.05, 4.69) is 25.6 Å². The molecule has 1 N–H and O–H groups in total. The number of aryl methyl sites for hydroxylation is 1. The molecule has 1 amide bonds. The molecule has 3 aromatic heterocycles. The zero-order chi connectivity index (χ0) is 18.8. The maximum atomic E-state index is 12.2. The van der Waals surface area contributed by atoms with Gasteiger partial charge in [-0.25, -0.2) is 4.98 Å². The number of nitrogens with zero attached hydrogens (tertiary/aromatic N) is 5. The standard InChI is InChI=1S/C16H12N6O2S3/c1-9-13(24)22-15(20-19-9)27-16(21-22)26-8-12(23)18-14-17-11(7-25-14)10-5-3-2-4-6-10/h2-7H,8H2,1H3,(H,17,18,23). The van der Waals surface area contributed by atoms with E-state index in [0.717, 1.165) is 11.3 Å². The first-order valence-electron chi connectivity index (χ1n) is 7.77. The van der Waals surface area contributed by atoms with Crippen LogP contribution in [0.5, 0.6) is 0 Å². The molecule has 0 atom stereocenters. The number of aromatic nitrogens is 5. The van der Waals surface area contributed by atoms with Crippen LogP contribution in [0.1, 0.15) is 5.69 Å². The molecule has 0 aliphatic heterocycles. The predicted octanol–water partition coefficient (Wildman–Crippen LogP) is 2.71. The lowest BCUT2D eigenvalue weighted by molar-refractivity contribution is -0.113. The second-order valence-corrected chi connectivity index (χ2v) is 8.43. The van der Waals surface area contributed by atoms with Gasteiger partial charge in [-0.1, -0.05) is 53.4 Å². The van der Waals surface area contributed by atoms with Crippen molar-refractivity contribution in [2.45, 2.75) is 11.3 Å². The van der Waals surface area contributed by atoms with E-state index in [1.807, 2.05) is 35.7 Å². The van der Waals surface area contributed by atoms with Crippen LogP contribution in [0.15, 0.2) is 44.8 Å². The molecule has 0 bridgehead atoms. The molecule has 0 aliphatic rings. The average molecular weight is 417 g/mol. The Hall–Kier alpha value is -2.63. The predicted molar refractivity (Wildman–Crippen MR) is 107 cm³/mol. The minimum absolute atomic E-state index is 0.154. The average Bonchev–Trinajstić information content (AvgIpc) is 3.31. The fraction of sp³-hybridized carbons (Fsp3) is 0.125. The monoisotopic (exact) mass is 416 g/mol. The van der Waals surface area contributed by atoms with E-state index in [9.17, 15) is 9.59 Å². The Balaban J connectivity index is 1.40. The maximum absolute atomic E-state index is 12.2. The van der Waals surface area contributed by atoms with Crippen molar-refractivity contribution in [3.63, 3.8) is 0 Å². The molecule has 0 radical (unpaired) electrons. The largest absolute Gasteiger partial charge is 0.301 e. The second-order valence-electron chi connectivity index (χ2n) is 5.39. The molecule has 1 aromatic carbocycles. The first-order chi connectivity index (χ1) is 13.1. The SMILES string of the molecule is Cc1nnc2sc(SCC(=O)Nc3nc(-c4ccccc4)cs3)nn2c1=O. The van der Waals surface area contributed by atoms with Gasteiger partial charge in [0.1, 0.15) is 5.69 Å². The van der Waals surface area contributed by atoms with E-state index < -0.39 is 0 Å². The molecule has 0 unspecified atom stereocenters. The topological polar surface area (TPSA) is 102 Å². The van der Waals surface area contributed by atoms with Gasteiger partial charge in [-0.15, -0.1) is 26.6 Å². The van der Waals surface area contributed by atoms with Crippen LogP contribution in [-0.2, 0) is 4.79 Å². The fourth-order valence-electron chi connectivity index (χ4n) is 2.19. The number of thiazole rings is 1. The number of fused-ring (bicyclic) bond motifs is 1. The quantitative estimate of drug-likeness (QED) is 0.499. The first kappa shape index (κ1) is 17.8. The third-order valence-corrected chi connectivity index (χ3v) is 6.27. The molecule has 8 nitrogen and oxygen atoms in total. The van der Waals surface area contributed by atoms with Gasteiger partial charge < -0.3 is 5.32 Å². The van der Waals surface area contributed by atoms with Crippen molar-refractivity contribution >= 4 is 50.4 Å². The number of benzene rings is 1. The van der Waals surface area contributed by atoms with Gasteiger partial charge >= 0.3 is 0 Å². The van der Waals surface area contributed by atoms with Gasteiger partial charge in [-0.2, -0.15) is 4.52 Å². The van der Waals surface area contributed by atoms with Crippen LogP contribution < -0.4 is 10.9 Å². The van der Waals surface area contributed by atoms with E-state index in [4.69, 9.17) is 0 Å². The summed E-state index contributed by atoms with van der Waals surface area (Å²) in [6.07, 6.45) is 0. The minimum atomic E-state index is -0.302. The molecule has 27 heavy (non-hydrogen) atoms. The molecule has 4 aromatic rings. The maximum Gasteiger partial charge on any atom is 0.296 e. The van der Waals surface area contributed by atoms with Crippen LogP contribution in [0.25, 0.3) is 16.2 Å². The van der Waals surface area contributed by atoms with Crippen molar-refractivity contribution in [3.05, 3.63) is 51.8 Å². The lowest BCUT2D eigenvalue weighted by Crippen LogP contribution is -2.19. The fourth-order valence-corrected chi connectivity index (χ4v) is 4.60. The van der Waals surface area contributed by atoms with Crippen molar-refractivity contribution in [3.8, 4) is 11.3 Å². The lowest BCUT2D eigenvalue weighted by atomic mass is 10.2. The van der Waals surface area contributed by atoms with Crippen molar-refractivity contribution in [1.29, 1.82) is 0 Å². The number of amides is 1. The highest BCUT2D eigenvalue weighted by molar-refractivity contribution is 8.01. The summed E-state index contributed by atoms with van der Waals surface area (Å²) in [5, 5.41) is 17.1. The number of hydrogen-bond donors (Lipinski definition) is 1. The number of nitrogens with one attached hydrogen (secondary N) is 1. The van der Waals surface area contributed by atoms with E-state index >= 15 is 0 Å². The Kier molecular flexibility index (Phi) is 4.97. The van der Waals surface area contributed by atoms with Gasteiger partial charge in [0.05, 0.1) is 11.4 Å². The number of hydrogen-bond acceptors (Lipinski definition) is 9. The summed E-state index contributed by atoms with van der Waals surface area (Å²) in [4.78, 5) is 29.0. The molecule has 0 fully saturated rings. The van der Waals surface area contributed by atoms with Crippen LogP contribution >= 0.6 is 34.4 Å². The number of carbonyl (C=O) groups excluding carboxylic acids is 1. The van der Waals surface area contributed by atoms with E-state index in [-0.39, 0.29) is 22.9 Å². The van der Waals surface area contributed by atoms with Crippen LogP contribution in [0, 0.1) is 6.92 Å². The van der Waals surface area contributed by atoms with Crippen LogP contribution in [-0.4, -0.2) is 36.5 Å². The van der Waals surface area contributed by atoms with Crippen molar-refractivity contribution < 1.29 is 4.79 Å². The number of carbonyl (C=O) groups is 1. The Labute approximate surface area is 165 Å². The number of thioether (sulfide) groups is 1. The van der Waals surface area contributed by atoms with Gasteiger partial charge in [0.15, 0.2) is 9.47 Å². The zero-order valence-corrected chi connectivity index (χ0v) is 16.4. The molecule has 4 rings (SSSR count). The summed E-state index contributed by atoms with van der Waals surface area (Å²) >= 11 is 3.83. The highest BCUT2D eigenvalue weighted by Gasteiger charge is 2.13. The van der Waals surface area contributed by atoms with Gasteiger partial charge in [0.2, 0.25) is 10.9 Å². The van der Waals surface area contributed by atoms with Gasteiger partial charge in [-0.3, -0.25) is 9.59 Å². The molecule has 0 aliphatic carbocycles. The second kappa shape index (κ2) is 7.55. The Bertz CT molecular complexity index is 1170. The summed E-state index contributed by atoms with van der Waals surface area (Å²) in [5.41, 5.74) is 1.80. The Morgan fingerprint density at radius 1 is 1.26 bits per heavy atom. The third kappa shape index (κ3) is 3.89. The van der Waals surface area contributed by atoms with Crippen molar-refractivity contribution in [2.75, 3.05) is 11.1 Å². The highest BCUT2D eigenvalue weighted by atomic mass is 32.2. The lowest BCUT2D eigenvalue weighted by Gasteiger charge is -1.99. The summed E-state index contributed by atoms with van der Waals surface area (Å²) in [6.45, 7) is 1.58. The summed E-state index contributed by atoms with van der Waals surface area (Å²) in [7, 11) is 0. The molecular weight excluding hydrogens is 404 g/mol. The van der Waals surface area contributed by atoms with Crippen molar-refractivity contribution in [1.82, 2.24) is 24.8 Å². The molecular formula is C16H12N6O2S3. The number of anilines is 1. The molecule has 0 saturated carbocycles. The molecule has 3 heterocycles. The molecule has 0 saturated heterocycles. The summed E-state index contributed by atoms with van der Waals surface area (Å²) < 4.78 is 1.78. The minimum Gasteiger partial charge on any atom is -0.301 e. The van der Waals surface area contributed by atoms with Gasteiger partial charge in [-0.05, 0) is 6.92 Å². The summed E-state index contributed by atoms with van der Waals surface area (Å²) in [6, 6.07) is 9.77. The van der Waals surface area contributed by atoms with E-state index in [1.165, 1.54) is 39.0 Å².